The SMILES string of the molecule is Cc1ccc(C(=O)Nc2ccc(F)cc2)cc1-c1nc(NCCC(NC(=O)O)C(C)(C)C)nc2c1ccc(=O)n2-c1c(F)cccc1F. The number of benzene rings is 3. The minimum Gasteiger partial charge on any atom is -0.465 e. The van der Waals surface area contributed by atoms with Gasteiger partial charge < -0.3 is 21.1 Å². The van der Waals surface area contributed by atoms with Gasteiger partial charge in [0.25, 0.3) is 11.5 Å². The van der Waals surface area contributed by atoms with Crippen LogP contribution in [-0.2, 0) is 0 Å². The molecule has 48 heavy (non-hydrogen) atoms. The summed E-state index contributed by atoms with van der Waals surface area (Å²) in [6.07, 6.45) is -0.845. The zero-order chi connectivity index (χ0) is 34.7. The number of pyridine rings is 1. The average Bonchev–Trinajstić information content (AvgIpc) is 3.02. The summed E-state index contributed by atoms with van der Waals surface area (Å²) in [7, 11) is 0. The molecule has 2 aromatic heterocycles. The van der Waals surface area contributed by atoms with Crippen molar-refractivity contribution in [1.29, 1.82) is 0 Å². The standard InChI is InChI=1S/C35H33F3N6O4/c1-19-8-9-20(32(46)40-22-12-10-21(36)11-13-22)18-24(19)29-23-14-15-28(45)44(30-25(37)6-5-7-26(30)38)31(23)43-33(42-29)39-17-16-27(35(2,3)4)41-34(47)48/h5-15,18,27,41H,16-17H2,1-4H3,(H,40,46)(H,47,48)(H,39,42,43). The number of para-hydroxylation sites is 1. The monoisotopic (exact) mass is 658 g/mol. The van der Waals surface area contributed by atoms with Crippen molar-refractivity contribution in [3.05, 3.63) is 112 Å². The van der Waals surface area contributed by atoms with E-state index in [4.69, 9.17) is 4.98 Å². The van der Waals surface area contributed by atoms with Crippen LogP contribution in [0.2, 0.25) is 0 Å². The van der Waals surface area contributed by atoms with E-state index in [1.54, 1.807) is 25.1 Å². The highest BCUT2D eigenvalue weighted by Crippen LogP contribution is 2.32. The van der Waals surface area contributed by atoms with Crippen LogP contribution >= 0.6 is 0 Å². The van der Waals surface area contributed by atoms with E-state index >= 15 is 8.78 Å². The van der Waals surface area contributed by atoms with E-state index in [0.717, 1.165) is 22.8 Å². The Morgan fingerprint density at radius 1 is 0.938 bits per heavy atom. The van der Waals surface area contributed by atoms with Crippen LogP contribution in [0.25, 0.3) is 28.0 Å². The lowest BCUT2D eigenvalue weighted by atomic mass is 9.85. The number of halogens is 3. The van der Waals surface area contributed by atoms with Gasteiger partial charge in [0, 0.05) is 40.9 Å². The number of hydrogen-bond donors (Lipinski definition) is 4. The van der Waals surface area contributed by atoms with Crippen molar-refractivity contribution in [2.24, 2.45) is 5.41 Å². The van der Waals surface area contributed by atoms with Crippen LogP contribution in [0.3, 0.4) is 0 Å². The number of amides is 2. The van der Waals surface area contributed by atoms with Gasteiger partial charge in [0.1, 0.15) is 23.1 Å². The van der Waals surface area contributed by atoms with Crippen LogP contribution in [0.1, 0.15) is 43.1 Å². The van der Waals surface area contributed by atoms with Gasteiger partial charge in [-0.15, -0.1) is 0 Å². The lowest BCUT2D eigenvalue weighted by Gasteiger charge is -2.30. The minimum absolute atomic E-state index is 0.00264. The summed E-state index contributed by atoms with van der Waals surface area (Å²) in [4.78, 5) is 47.1. The molecule has 0 radical (unpaired) electrons. The molecule has 0 spiro atoms. The second-order valence-corrected chi connectivity index (χ2v) is 12.3. The predicted molar refractivity (Wildman–Crippen MR) is 177 cm³/mol. The molecule has 3 aromatic carbocycles. The molecule has 0 saturated carbocycles. The van der Waals surface area contributed by atoms with Crippen molar-refractivity contribution in [2.45, 2.75) is 40.2 Å². The van der Waals surface area contributed by atoms with E-state index in [2.05, 4.69) is 20.9 Å². The van der Waals surface area contributed by atoms with Crippen LogP contribution < -0.4 is 21.5 Å². The zero-order valence-corrected chi connectivity index (χ0v) is 26.6. The van der Waals surface area contributed by atoms with E-state index in [1.165, 1.54) is 36.4 Å². The fourth-order valence-corrected chi connectivity index (χ4v) is 5.27. The van der Waals surface area contributed by atoms with Gasteiger partial charge in [-0.05, 0) is 78.9 Å². The molecule has 0 aliphatic rings. The molecule has 0 bridgehead atoms. The number of aromatic nitrogens is 3. The number of aryl methyl sites for hydroxylation is 1. The summed E-state index contributed by atoms with van der Waals surface area (Å²) in [5.41, 5.74) is 0.144. The van der Waals surface area contributed by atoms with Gasteiger partial charge in [-0.3, -0.25) is 14.2 Å². The molecule has 4 N–H and O–H groups in total. The fraction of sp³-hybridized carbons (Fsp3) is 0.229. The molecular weight excluding hydrogens is 625 g/mol. The summed E-state index contributed by atoms with van der Waals surface area (Å²) in [6.45, 7) is 7.65. The summed E-state index contributed by atoms with van der Waals surface area (Å²) < 4.78 is 44.4. The molecule has 13 heteroatoms. The summed E-state index contributed by atoms with van der Waals surface area (Å²) in [6, 6.07) is 15.6. The molecular formula is C35H33F3N6O4. The molecule has 10 nitrogen and oxygen atoms in total. The third kappa shape index (κ3) is 7.30. The van der Waals surface area contributed by atoms with Crippen LogP contribution in [0, 0.1) is 29.8 Å². The Morgan fingerprint density at radius 3 is 2.27 bits per heavy atom. The maximum absolute atomic E-state index is 15.1. The van der Waals surface area contributed by atoms with Crippen molar-refractivity contribution >= 4 is 34.7 Å². The summed E-state index contributed by atoms with van der Waals surface area (Å²) >= 11 is 0. The molecule has 0 aliphatic carbocycles. The first-order valence-corrected chi connectivity index (χ1v) is 15.0. The van der Waals surface area contributed by atoms with Crippen LogP contribution in [0.15, 0.2) is 77.6 Å². The molecule has 5 rings (SSSR count). The Labute approximate surface area is 273 Å². The Balaban J connectivity index is 1.65. The van der Waals surface area contributed by atoms with Gasteiger partial charge in [0.05, 0.1) is 5.69 Å². The van der Waals surface area contributed by atoms with Gasteiger partial charge in [-0.25, -0.2) is 22.9 Å². The number of carbonyl (C=O) groups is 2. The predicted octanol–water partition coefficient (Wildman–Crippen LogP) is 6.91. The molecule has 0 fully saturated rings. The van der Waals surface area contributed by atoms with E-state index in [0.29, 0.717) is 23.2 Å². The molecule has 248 valence electrons. The number of nitrogens with one attached hydrogen (secondary N) is 3. The van der Waals surface area contributed by atoms with E-state index in [-0.39, 0.29) is 34.8 Å². The van der Waals surface area contributed by atoms with Crippen LogP contribution in [-0.4, -0.2) is 44.2 Å². The van der Waals surface area contributed by atoms with Gasteiger partial charge in [0.2, 0.25) is 5.95 Å². The first kappa shape index (κ1) is 33.6. The van der Waals surface area contributed by atoms with Crippen LogP contribution in [0.5, 0.6) is 0 Å². The van der Waals surface area contributed by atoms with Gasteiger partial charge >= 0.3 is 6.09 Å². The highest BCUT2D eigenvalue weighted by Gasteiger charge is 2.26. The highest BCUT2D eigenvalue weighted by atomic mass is 19.1. The smallest absolute Gasteiger partial charge is 0.404 e. The second kappa shape index (κ2) is 13.6. The summed E-state index contributed by atoms with van der Waals surface area (Å²) in [5.74, 6) is -2.90. The number of nitrogens with zero attached hydrogens (tertiary/aromatic N) is 3. The Morgan fingerprint density at radius 2 is 1.62 bits per heavy atom. The number of carbonyl (C=O) groups excluding carboxylic acids is 1. The first-order chi connectivity index (χ1) is 22.7. The number of anilines is 2. The van der Waals surface area contributed by atoms with Gasteiger partial charge in [0.15, 0.2) is 5.65 Å². The largest absolute Gasteiger partial charge is 0.465 e. The van der Waals surface area contributed by atoms with Crippen molar-refractivity contribution in [3.63, 3.8) is 0 Å². The molecule has 0 aliphatic heterocycles. The topological polar surface area (TPSA) is 138 Å². The lowest BCUT2D eigenvalue weighted by molar-refractivity contribution is 0.102. The zero-order valence-electron chi connectivity index (χ0n) is 26.6. The number of rotatable bonds is 9. The van der Waals surface area contributed by atoms with Crippen molar-refractivity contribution < 1.29 is 27.9 Å². The normalized spacial score (nSPS) is 12.1. The number of fused-ring (bicyclic) bond motifs is 1. The third-order valence-corrected chi connectivity index (χ3v) is 7.83. The van der Waals surface area contributed by atoms with Crippen molar-refractivity contribution in [2.75, 3.05) is 17.2 Å². The quantitative estimate of drug-likeness (QED) is 0.135. The Kier molecular flexibility index (Phi) is 9.50. The minimum atomic E-state index is -1.17. The fourth-order valence-electron chi connectivity index (χ4n) is 5.27. The number of hydrogen-bond acceptors (Lipinski definition) is 6. The maximum atomic E-state index is 15.1. The second-order valence-electron chi connectivity index (χ2n) is 12.3. The van der Waals surface area contributed by atoms with Crippen molar-refractivity contribution in [3.8, 4) is 16.9 Å². The van der Waals surface area contributed by atoms with Crippen LogP contribution in [0.4, 0.5) is 29.6 Å². The maximum Gasteiger partial charge on any atom is 0.404 e. The van der Waals surface area contributed by atoms with E-state index in [9.17, 15) is 23.9 Å². The molecule has 1 unspecified atom stereocenters. The average molecular weight is 659 g/mol. The molecule has 0 saturated heterocycles. The molecule has 2 amide bonds. The Bertz CT molecular complexity index is 2060. The third-order valence-electron chi connectivity index (χ3n) is 7.83. The van der Waals surface area contributed by atoms with Gasteiger partial charge in [-0.2, -0.15) is 4.98 Å². The highest BCUT2D eigenvalue weighted by molar-refractivity contribution is 6.05. The lowest BCUT2D eigenvalue weighted by Crippen LogP contribution is -2.44. The van der Waals surface area contributed by atoms with E-state index < -0.39 is 52.2 Å². The van der Waals surface area contributed by atoms with E-state index in [1.807, 2.05) is 20.8 Å². The van der Waals surface area contributed by atoms with Gasteiger partial charge in [-0.1, -0.05) is 32.9 Å². The number of carboxylic acid groups (broad SMARTS) is 1. The van der Waals surface area contributed by atoms with Crippen molar-refractivity contribution in [1.82, 2.24) is 19.9 Å². The molecule has 1 atom stereocenters. The summed E-state index contributed by atoms with van der Waals surface area (Å²) in [5, 5.41) is 17.9. The first-order valence-electron chi connectivity index (χ1n) is 15.0. The Hall–Kier alpha value is -5.72. The molecule has 5 aromatic rings. The molecule has 2 heterocycles.